The zero-order valence-electron chi connectivity index (χ0n) is 6.32. The van der Waals surface area contributed by atoms with E-state index in [1.54, 1.807) is 11.3 Å². The third kappa shape index (κ3) is 1.62. The molecular weight excluding hydrogens is 172 g/mol. The number of hydrogen-bond donors (Lipinski definition) is 2. The van der Waals surface area contributed by atoms with Gasteiger partial charge in [0.25, 0.3) is 0 Å². The van der Waals surface area contributed by atoms with Gasteiger partial charge in [-0.2, -0.15) is 16.4 Å². The van der Waals surface area contributed by atoms with Gasteiger partial charge >= 0.3 is 0 Å². The molecule has 0 fully saturated rings. The van der Waals surface area contributed by atoms with Crippen molar-refractivity contribution in [3.63, 3.8) is 0 Å². The summed E-state index contributed by atoms with van der Waals surface area (Å²) >= 11 is 1.69. The monoisotopic (exact) mass is 180 g/mol. The molecule has 0 saturated heterocycles. The van der Waals surface area contributed by atoms with Gasteiger partial charge in [-0.3, -0.25) is 0 Å². The van der Waals surface area contributed by atoms with Crippen LogP contribution in [0.5, 0.6) is 0 Å². The minimum Gasteiger partial charge on any atom is -0.350 e. The van der Waals surface area contributed by atoms with Crippen molar-refractivity contribution in [3.8, 4) is 0 Å². The van der Waals surface area contributed by atoms with Crippen LogP contribution in [0.3, 0.4) is 0 Å². The molecule has 5 heteroatoms. The number of anilines is 1. The summed E-state index contributed by atoms with van der Waals surface area (Å²) < 4.78 is 0. The molecule has 0 atom stereocenters. The molecule has 0 aliphatic heterocycles. The number of nitrogens with one attached hydrogen (secondary N) is 2. The smallest absolute Gasteiger partial charge is 0.218 e. The van der Waals surface area contributed by atoms with E-state index in [2.05, 4.69) is 37.3 Å². The van der Waals surface area contributed by atoms with E-state index in [0.717, 1.165) is 6.54 Å². The minimum atomic E-state index is 0.709. The molecule has 0 amide bonds. The number of H-pyrrole nitrogens is 1. The van der Waals surface area contributed by atoms with Gasteiger partial charge in [0.15, 0.2) is 0 Å². The molecule has 0 radical (unpaired) electrons. The molecule has 0 aliphatic rings. The Labute approximate surface area is 73.7 Å². The lowest BCUT2D eigenvalue weighted by atomic mass is 10.3. The minimum absolute atomic E-state index is 0.709. The van der Waals surface area contributed by atoms with E-state index in [4.69, 9.17) is 0 Å². The average molecular weight is 180 g/mol. The summed E-state index contributed by atoms with van der Waals surface area (Å²) in [5, 5.41) is 13.7. The maximum atomic E-state index is 3.94. The quantitative estimate of drug-likeness (QED) is 0.752. The van der Waals surface area contributed by atoms with Crippen LogP contribution in [0.2, 0.25) is 0 Å². The maximum Gasteiger partial charge on any atom is 0.218 e. The average Bonchev–Trinajstić information content (AvgIpc) is 2.74. The summed E-state index contributed by atoms with van der Waals surface area (Å²) in [7, 11) is 0. The number of rotatable bonds is 3. The van der Waals surface area contributed by atoms with Crippen molar-refractivity contribution >= 4 is 17.3 Å². The van der Waals surface area contributed by atoms with Crippen molar-refractivity contribution in [1.29, 1.82) is 0 Å². The van der Waals surface area contributed by atoms with E-state index in [-0.39, 0.29) is 0 Å². The Bertz CT molecular complexity index is 279. The molecule has 2 heterocycles. The highest BCUT2D eigenvalue weighted by Gasteiger charge is 1.94. The Kier molecular flexibility index (Phi) is 2.04. The van der Waals surface area contributed by atoms with Crippen LogP contribution in [-0.4, -0.2) is 15.2 Å². The second-order valence-corrected chi connectivity index (χ2v) is 3.10. The van der Waals surface area contributed by atoms with Gasteiger partial charge in [0, 0.05) is 6.54 Å². The van der Waals surface area contributed by atoms with Crippen molar-refractivity contribution in [2.45, 2.75) is 6.54 Å². The fourth-order valence-corrected chi connectivity index (χ4v) is 1.54. The van der Waals surface area contributed by atoms with Gasteiger partial charge in [0.2, 0.25) is 5.95 Å². The number of hydrogen-bond acceptors (Lipinski definition) is 4. The van der Waals surface area contributed by atoms with E-state index < -0.39 is 0 Å². The van der Waals surface area contributed by atoms with Gasteiger partial charge in [0.05, 0.1) is 0 Å². The molecule has 4 nitrogen and oxygen atoms in total. The zero-order chi connectivity index (χ0) is 8.23. The normalized spacial score (nSPS) is 10.0. The second-order valence-electron chi connectivity index (χ2n) is 2.32. The van der Waals surface area contributed by atoms with Crippen LogP contribution in [0.25, 0.3) is 0 Å². The van der Waals surface area contributed by atoms with Crippen LogP contribution in [0.15, 0.2) is 23.2 Å². The Balaban J connectivity index is 1.91. The number of thiophene rings is 1. The summed E-state index contributed by atoms with van der Waals surface area (Å²) in [6, 6.07) is 2.08. The van der Waals surface area contributed by atoms with E-state index in [9.17, 15) is 0 Å². The number of nitrogens with zero attached hydrogens (tertiary/aromatic N) is 2. The van der Waals surface area contributed by atoms with Crippen molar-refractivity contribution in [2.24, 2.45) is 0 Å². The van der Waals surface area contributed by atoms with Gasteiger partial charge in [-0.1, -0.05) is 0 Å². The first-order valence-corrected chi connectivity index (χ1v) is 4.50. The Morgan fingerprint density at radius 2 is 2.58 bits per heavy atom. The van der Waals surface area contributed by atoms with Crippen molar-refractivity contribution < 1.29 is 0 Å². The molecule has 0 saturated carbocycles. The molecule has 0 spiro atoms. The maximum absolute atomic E-state index is 3.94. The Morgan fingerprint density at radius 3 is 3.25 bits per heavy atom. The fraction of sp³-hybridized carbons (Fsp3) is 0.143. The van der Waals surface area contributed by atoms with Crippen molar-refractivity contribution in [2.75, 3.05) is 5.32 Å². The zero-order valence-corrected chi connectivity index (χ0v) is 7.14. The number of aromatic nitrogens is 3. The van der Waals surface area contributed by atoms with Gasteiger partial charge < -0.3 is 5.32 Å². The fourth-order valence-electron chi connectivity index (χ4n) is 0.870. The van der Waals surface area contributed by atoms with Crippen LogP contribution in [-0.2, 0) is 6.54 Å². The van der Waals surface area contributed by atoms with E-state index in [1.807, 2.05) is 0 Å². The lowest BCUT2D eigenvalue weighted by molar-refractivity contribution is 1.05. The van der Waals surface area contributed by atoms with Crippen LogP contribution in [0.1, 0.15) is 5.56 Å². The third-order valence-corrected chi connectivity index (χ3v) is 2.19. The highest BCUT2D eigenvalue weighted by atomic mass is 32.1. The van der Waals surface area contributed by atoms with Crippen LogP contribution < -0.4 is 5.32 Å². The highest BCUT2D eigenvalue weighted by molar-refractivity contribution is 7.07. The lowest BCUT2D eigenvalue weighted by Gasteiger charge is -1.97. The molecule has 12 heavy (non-hydrogen) atoms. The van der Waals surface area contributed by atoms with Gasteiger partial charge in [-0.05, 0) is 22.4 Å². The second kappa shape index (κ2) is 3.36. The predicted octanol–water partition coefficient (Wildman–Crippen LogP) is 1.48. The van der Waals surface area contributed by atoms with Gasteiger partial charge in [-0.15, -0.1) is 0 Å². The first kappa shape index (κ1) is 7.30. The topological polar surface area (TPSA) is 53.6 Å². The summed E-state index contributed by atoms with van der Waals surface area (Å²) in [6.07, 6.45) is 1.48. The van der Waals surface area contributed by atoms with Crippen molar-refractivity contribution in [1.82, 2.24) is 15.2 Å². The first-order valence-electron chi connectivity index (χ1n) is 3.55. The molecule has 0 aliphatic carbocycles. The summed E-state index contributed by atoms with van der Waals surface area (Å²) in [6.45, 7) is 0.790. The Hall–Kier alpha value is -1.36. The van der Waals surface area contributed by atoms with Crippen molar-refractivity contribution in [3.05, 3.63) is 28.7 Å². The molecule has 0 bridgehead atoms. The van der Waals surface area contributed by atoms with Gasteiger partial charge in [-0.25, -0.2) is 10.1 Å². The molecule has 2 rings (SSSR count). The standard InChI is InChI=1S/C7H8N4S/c1-2-12-4-6(1)3-8-7-9-5-10-11-7/h1-2,4-5H,3H2,(H2,8,9,10,11). The summed E-state index contributed by atoms with van der Waals surface area (Å²) in [4.78, 5) is 3.94. The lowest BCUT2D eigenvalue weighted by Crippen LogP contribution is -1.99. The van der Waals surface area contributed by atoms with E-state index >= 15 is 0 Å². The molecule has 0 aromatic carbocycles. The summed E-state index contributed by atoms with van der Waals surface area (Å²) in [5.41, 5.74) is 1.26. The number of aromatic amines is 1. The van der Waals surface area contributed by atoms with E-state index in [0.29, 0.717) is 5.95 Å². The first-order chi connectivity index (χ1) is 5.95. The molecular formula is C7H8N4S. The third-order valence-electron chi connectivity index (χ3n) is 1.46. The molecule has 62 valence electrons. The highest BCUT2D eigenvalue weighted by Crippen LogP contribution is 2.07. The van der Waals surface area contributed by atoms with Crippen LogP contribution in [0.4, 0.5) is 5.95 Å². The molecule has 0 unspecified atom stereocenters. The largest absolute Gasteiger partial charge is 0.350 e. The van der Waals surface area contributed by atoms with Gasteiger partial charge in [0.1, 0.15) is 6.33 Å². The predicted molar refractivity (Wildman–Crippen MR) is 48.0 cm³/mol. The summed E-state index contributed by atoms with van der Waals surface area (Å²) in [5.74, 6) is 0.709. The SMILES string of the molecule is c1n[nH]c(NCc2ccsc2)n1. The van der Waals surface area contributed by atoms with E-state index in [1.165, 1.54) is 11.9 Å². The Morgan fingerprint density at radius 1 is 1.58 bits per heavy atom. The van der Waals surface area contributed by atoms with Crippen LogP contribution in [0, 0.1) is 0 Å². The molecule has 2 aromatic heterocycles. The molecule has 2 aromatic rings. The molecule has 2 N–H and O–H groups in total. The van der Waals surface area contributed by atoms with Crippen LogP contribution >= 0.6 is 11.3 Å².